The quantitative estimate of drug-likeness (QED) is 0.628. The fraction of sp³-hybridized carbons (Fsp3) is 0.556. The Hall–Kier alpha value is -2.24. The minimum absolute atomic E-state index is 0.0335. The monoisotopic (exact) mass is 330 g/mol. The zero-order valence-corrected chi connectivity index (χ0v) is 13.8. The largest absolute Gasteiger partial charge is 0.341 e. The van der Waals surface area contributed by atoms with Crippen molar-refractivity contribution in [3.05, 3.63) is 39.9 Å². The number of hydrogen-bond acceptors (Lipinski definition) is 4. The van der Waals surface area contributed by atoms with E-state index >= 15 is 0 Å². The fourth-order valence-corrected chi connectivity index (χ4v) is 4.11. The van der Waals surface area contributed by atoms with Crippen molar-refractivity contribution in [3.63, 3.8) is 0 Å². The summed E-state index contributed by atoms with van der Waals surface area (Å²) in [6.07, 6.45) is 4.23. The number of rotatable bonds is 4. The molecule has 1 amide bonds. The van der Waals surface area contributed by atoms with Crippen LogP contribution in [-0.2, 0) is 16.1 Å². The maximum atomic E-state index is 12.7. The normalized spacial score (nSPS) is 26.0. The van der Waals surface area contributed by atoms with Crippen LogP contribution < -0.4 is 0 Å². The van der Waals surface area contributed by atoms with Crippen LogP contribution in [0.2, 0.25) is 0 Å². The Morgan fingerprint density at radius 3 is 2.58 bits per heavy atom. The standard InChI is InChI=1S/C18H22N2O4/c1-19(11-12-4-2-7-16(8-12)20(23)24)18(22)15-9-13-5-3-6-14(10-15)17(13)21/h2,4,7-8,13-15H,3,5-6,9-11H2,1H3. The molecule has 0 saturated heterocycles. The Morgan fingerprint density at radius 2 is 1.96 bits per heavy atom. The molecule has 0 aliphatic heterocycles. The molecule has 0 spiro atoms. The van der Waals surface area contributed by atoms with E-state index in [9.17, 15) is 19.7 Å². The van der Waals surface area contributed by atoms with Gasteiger partial charge in [0.1, 0.15) is 5.78 Å². The van der Waals surface area contributed by atoms with Gasteiger partial charge in [-0.25, -0.2) is 0 Å². The zero-order chi connectivity index (χ0) is 17.3. The number of nitro benzene ring substituents is 1. The van der Waals surface area contributed by atoms with Crippen LogP contribution in [0, 0.1) is 27.9 Å². The first kappa shape index (κ1) is 16.6. The number of nitro groups is 1. The summed E-state index contributed by atoms with van der Waals surface area (Å²) in [4.78, 5) is 36.9. The van der Waals surface area contributed by atoms with E-state index in [2.05, 4.69) is 0 Å². The fourth-order valence-electron chi connectivity index (χ4n) is 4.11. The number of non-ortho nitro benzene ring substituents is 1. The maximum Gasteiger partial charge on any atom is 0.269 e. The van der Waals surface area contributed by atoms with Gasteiger partial charge in [0.2, 0.25) is 5.91 Å². The Morgan fingerprint density at radius 1 is 1.29 bits per heavy atom. The van der Waals surface area contributed by atoms with Gasteiger partial charge in [-0.2, -0.15) is 0 Å². The molecule has 2 saturated carbocycles. The predicted octanol–water partition coefficient (Wildman–Crippen LogP) is 2.95. The van der Waals surface area contributed by atoms with E-state index in [1.165, 1.54) is 12.1 Å². The summed E-state index contributed by atoms with van der Waals surface area (Å²) in [5.41, 5.74) is 0.776. The van der Waals surface area contributed by atoms with Gasteiger partial charge in [0, 0.05) is 43.5 Å². The van der Waals surface area contributed by atoms with E-state index < -0.39 is 4.92 Å². The van der Waals surface area contributed by atoms with Gasteiger partial charge in [0.25, 0.3) is 5.69 Å². The molecule has 3 rings (SSSR count). The Balaban J connectivity index is 1.66. The lowest BCUT2D eigenvalue weighted by atomic mass is 9.67. The molecule has 128 valence electrons. The van der Waals surface area contributed by atoms with E-state index in [0.717, 1.165) is 24.8 Å². The van der Waals surface area contributed by atoms with Crippen molar-refractivity contribution in [2.24, 2.45) is 17.8 Å². The number of nitrogens with zero attached hydrogens (tertiary/aromatic N) is 2. The summed E-state index contributed by atoms with van der Waals surface area (Å²) in [6, 6.07) is 6.37. The maximum absolute atomic E-state index is 12.7. The molecule has 2 unspecified atom stereocenters. The molecule has 2 fully saturated rings. The van der Waals surface area contributed by atoms with Crippen molar-refractivity contribution in [2.75, 3.05) is 7.05 Å². The Bertz CT molecular complexity index is 657. The number of carbonyl (C=O) groups excluding carboxylic acids is 2. The van der Waals surface area contributed by atoms with Crippen molar-refractivity contribution < 1.29 is 14.5 Å². The summed E-state index contributed by atoms with van der Waals surface area (Å²) in [5.74, 6) is 0.412. The smallest absolute Gasteiger partial charge is 0.269 e. The number of amides is 1. The molecule has 1 aromatic carbocycles. The summed E-state index contributed by atoms with van der Waals surface area (Å²) in [6.45, 7) is 0.348. The highest BCUT2D eigenvalue weighted by Crippen LogP contribution is 2.40. The van der Waals surface area contributed by atoms with Crippen molar-refractivity contribution >= 4 is 17.4 Å². The zero-order valence-electron chi connectivity index (χ0n) is 13.8. The lowest BCUT2D eigenvalue weighted by molar-refractivity contribution is -0.384. The third-order valence-corrected chi connectivity index (χ3v) is 5.31. The third kappa shape index (κ3) is 3.32. The van der Waals surface area contributed by atoms with E-state index in [0.29, 0.717) is 25.2 Å². The molecule has 6 nitrogen and oxygen atoms in total. The molecule has 0 aromatic heterocycles. The molecule has 1 aromatic rings. The first-order valence-electron chi connectivity index (χ1n) is 8.47. The Kier molecular flexibility index (Phi) is 4.64. The number of carbonyl (C=O) groups is 2. The van der Waals surface area contributed by atoms with Gasteiger partial charge in [-0.1, -0.05) is 18.6 Å². The third-order valence-electron chi connectivity index (χ3n) is 5.31. The summed E-state index contributed by atoms with van der Waals surface area (Å²) in [7, 11) is 1.73. The second-order valence-corrected chi connectivity index (χ2v) is 7.02. The topological polar surface area (TPSA) is 80.5 Å². The van der Waals surface area contributed by atoms with Crippen LogP contribution in [0.5, 0.6) is 0 Å². The summed E-state index contributed by atoms with van der Waals surface area (Å²) in [5, 5.41) is 10.9. The van der Waals surface area contributed by atoms with Gasteiger partial charge >= 0.3 is 0 Å². The first-order valence-corrected chi connectivity index (χ1v) is 8.47. The van der Waals surface area contributed by atoms with Gasteiger partial charge in [-0.3, -0.25) is 19.7 Å². The second-order valence-electron chi connectivity index (χ2n) is 7.02. The highest BCUT2D eigenvalue weighted by atomic mass is 16.6. The van der Waals surface area contributed by atoms with Gasteiger partial charge in [-0.05, 0) is 31.2 Å². The highest BCUT2D eigenvalue weighted by Gasteiger charge is 2.41. The molecule has 2 atom stereocenters. The van der Waals surface area contributed by atoms with E-state index in [-0.39, 0.29) is 29.3 Å². The van der Waals surface area contributed by atoms with Crippen LogP contribution in [-0.4, -0.2) is 28.6 Å². The van der Waals surface area contributed by atoms with Crippen molar-refractivity contribution in [1.29, 1.82) is 0 Å². The van der Waals surface area contributed by atoms with Crippen molar-refractivity contribution in [3.8, 4) is 0 Å². The molecule has 0 radical (unpaired) electrons. The number of fused-ring (bicyclic) bond motifs is 2. The molecule has 0 N–H and O–H groups in total. The molecular weight excluding hydrogens is 308 g/mol. The van der Waals surface area contributed by atoms with Crippen molar-refractivity contribution in [1.82, 2.24) is 4.90 Å². The van der Waals surface area contributed by atoms with E-state index in [4.69, 9.17) is 0 Å². The van der Waals surface area contributed by atoms with E-state index in [1.54, 1.807) is 24.1 Å². The second kappa shape index (κ2) is 6.71. The lowest BCUT2D eigenvalue weighted by Gasteiger charge is -2.38. The molecule has 2 bridgehead atoms. The van der Waals surface area contributed by atoms with Gasteiger partial charge < -0.3 is 4.90 Å². The summed E-state index contributed by atoms with van der Waals surface area (Å²) >= 11 is 0. The van der Waals surface area contributed by atoms with E-state index in [1.807, 2.05) is 0 Å². The molecule has 24 heavy (non-hydrogen) atoms. The van der Waals surface area contributed by atoms with Crippen LogP contribution in [0.4, 0.5) is 5.69 Å². The molecular formula is C18H22N2O4. The first-order chi connectivity index (χ1) is 11.5. The minimum Gasteiger partial charge on any atom is -0.341 e. The lowest BCUT2D eigenvalue weighted by Crippen LogP contribution is -2.43. The van der Waals surface area contributed by atoms with Crippen LogP contribution in [0.1, 0.15) is 37.7 Å². The van der Waals surface area contributed by atoms with Gasteiger partial charge in [0.15, 0.2) is 0 Å². The number of Topliss-reactive ketones (excluding diaryl/α,β-unsaturated/α-hetero) is 1. The van der Waals surface area contributed by atoms with Gasteiger partial charge in [0.05, 0.1) is 4.92 Å². The molecule has 6 heteroatoms. The van der Waals surface area contributed by atoms with Crippen LogP contribution in [0.15, 0.2) is 24.3 Å². The number of ketones is 1. The Labute approximate surface area is 141 Å². The average Bonchev–Trinajstić information content (AvgIpc) is 2.54. The SMILES string of the molecule is CN(Cc1cccc([N+](=O)[O-])c1)C(=O)C1CC2CCCC(C1)C2=O. The number of hydrogen-bond donors (Lipinski definition) is 0. The molecule has 2 aliphatic carbocycles. The highest BCUT2D eigenvalue weighted by molar-refractivity contribution is 5.88. The van der Waals surface area contributed by atoms with Crippen LogP contribution in [0.25, 0.3) is 0 Å². The van der Waals surface area contributed by atoms with Crippen LogP contribution in [0.3, 0.4) is 0 Å². The predicted molar refractivity (Wildman–Crippen MR) is 88.1 cm³/mol. The van der Waals surface area contributed by atoms with Gasteiger partial charge in [-0.15, -0.1) is 0 Å². The molecule has 0 heterocycles. The van der Waals surface area contributed by atoms with Crippen LogP contribution >= 0.6 is 0 Å². The average molecular weight is 330 g/mol. The molecule has 2 aliphatic rings. The van der Waals surface area contributed by atoms with Crippen molar-refractivity contribution in [2.45, 2.75) is 38.6 Å². The summed E-state index contributed by atoms with van der Waals surface area (Å²) < 4.78 is 0. The minimum atomic E-state index is -0.431. The number of benzene rings is 1.